The Morgan fingerprint density at radius 3 is 2.44 bits per heavy atom. The van der Waals surface area contributed by atoms with Crippen molar-refractivity contribution < 1.29 is 22.9 Å². The number of nitro groups is 1. The number of methoxy groups -OCH3 is 1. The first-order valence-corrected chi connectivity index (χ1v) is 9.29. The molecule has 11 heteroatoms. The second-order valence-electron chi connectivity index (χ2n) is 5.59. The zero-order chi connectivity index (χ0) is 20.4. The number of rotatable bonds is 6. The molecule has 2 aromatic rings. The number of anilines is 1. The van der Waals surface area contributed by atoms with Gasteiger partial charge in [-0.05, 0) is 30.3 Å². The van der Waals surface area contributed by atoms with E-state index < -0.39 is 31.4 Å². The number of hydrogen-bond acceptors (Lipinski definition) is 6. The summed E-state index contributed by atoms with van der Waals surface area (Å²) in [4.78, 5) is 23.4. The molecule has 0 aliphatic carbocycles. The van der Waals surface area contributed by atoms with Crippen LogP contribution in [0.25, 0.3) is 0 Å². The smallest absolute Gasteiger partial charge is 0.293 e. The average molecular weight is 414 g/mol. The summed E-state index contributed by atoms with van der Waals surface area (Å²) < 4.78 is 32.6. The molecular weight excluding hydrogens is 398 g/mol. The predicted octanol–water partition coefficient (Wildman–Crippen LogP) is 2.76. The maximum Gasteiger partial charge on any atom is 0.293 e. The van der Waals surface area contributed by atoms with Crippen LogP contribution in [0.1, 0.15) is 10.4 Å². The molecule has 1 N–H and O–H groups in total. The second-order valence-corrected chi connectivity index (χ2v) is 7.67. The Morgan fingerprint density at radius 2 is 1.89 bits per heavy atom. The van der Waals surface area contributed by atoms with E-state index in [2.05, 4.69) is 4.72 Å². The predicted molar refractivity (Wildman–Crippen MR) is 99.9 cm³/mol. The summed E-state index contributed by atoms with van der Waals surface area (Å²) in [6, 6.07) is 7.39. The second kappa shape index (κ2) is 7.80. The lowest BCUT2D eigenvalue weighted by Crippen LogP contribution is -2.24. The van der Waals surface area contributed by atoms with Gasteiger partial charge in [0.25, 0.3) is 21.6 Å². The lowest BCUT2D eigenvalue weighted by Gasteiger charge is -2.16. The Bertz CT molecular complexity index is 1010. The summed E-state index contributed by atoms with van der Waals surface area (Å²) in [5.41, 5.74) is -0.709. The first kappa shape index (κ1) is 20.5. The van der Waals surface area contributed by atoms with E-state index in [-0.39, 0.29) is 22.0 Å². The van der Waals surface area contributed by atoms with Crippen LogP contribution in [-0.4, -0.2) is 45.4 Å². The largest absolute Gasteiger partial charge is 0.497 e. The molecule has 2 aromatic carbocycles. The number of benzene rings is 2. The van der Waals surface area contributed by atoms with Crippen molar-refractivity contribution in [2.75, 3.05) is 25.9 Å². The van der Waals surface area contributed by atoms with E-state index in [1.54, 1.807) is 0 Å². The monoisotopic (exact) mass is 413 g/mol. The van der Waals surface area contributed by atoms with Gasteiger partial charge in [-0.1, -0.05) is 11.6 Å². The highest BCUT2D eigenvalue weighted by Crippen LogP contribution is 2.31. The van der Waals surface area contributed by atoms with Gasteiger partial charge in [0.2, 0.25) is 0 Å². The maximum atomic E-state index is 12.8. The Labute approximate surface area is 160 Å². The van der Waals surface area contributed by atoms with Crippen LogP contribution >= 0.6 is 11.6 Å². The fourth-order valence-electron chi connectivity index (χ4n) is 2.22. The molecule has 0 spiro atoms. The van der Waals surface area contributed by atoms with Crippen LogP contribution in [-0.2, 0) is 10.0 Å². The van der Waals surface area contributed by atoms with E-state index in [0.717, 1.165) is 12.1 Å². The summed E-state index contributed by atoms with van der Waals surface area (Å²) in [6.45, 7) is 0. The zero-order valence-electron chi connectivity index (χ0n) is 14.6. The number of nitro benzene ring substituents is 1. The van der Waals surface area contributed by atoms with Crippen LogP contribution in [0.4, 0.5) is 11.4 Å². The van der Waals surface area contributed by atoms with Crippen molar-refractivity contribution >= 4 is 38.9 Å². The Morgan fingerprint density at radius 1 is 1.22 bits per heavy atom. The van der Waals surface area contributed by atoms with Crippen LogP contribution in [0.2, 0.25) is 5.02 Å². The quantitative estimate of drug-likeness (QED) is 0.574. The van der Waals surface area contributed by atoms with Crippen molar-refractivity contribution in [1.29, 1.82) is 0 Å². The first-order chi connectivity index (χ1) is 12.6. The molecule has 0 radical (unpaired) electrons. The van der Waals surface area contributed by atoms with Crippen molar-refractivity contribution in [3.05, 3.63) is 57.1 Å². The lowest BCUT2D eigenvalue weighted by atomic mass is 10.1. The van der Waals surface area contributed by atoms with Gasteiger partial charge in [0.15, 0.2) is 4.90 Å². The van der Waals surface area contributed by atoms with Gasteiger partial charge in [0, 0.05) is 19.1 Å². The normalized spacial score (nSPS) is 11.0. The minimum absolute atomic E-state index is 0.0455. The van der Waals surface area contributed by atoms with Gasteiger partial charge in [0.05, 0.1) is 29.4 Å². The number of sulfonamides is 1. The highest BCUT2D eigenvalue weighted by molar-refractivity contribution is 7.92. The molecule has 27 heavy (non-hydrogen) atoms. The Kier molecular flexibility index (Phi) is 5.91. The zero-order valence-corrected chi connectivity index (χ0v) is 16.2. The summed E-state index contributed by atoms with van der Waals surface area (Å²) in [6.07, 6.45) is 0. The van der Waals surface area contributed by atoms with E-state index in [1.807, 2.05) is 0 Å². The van der Waals surface area contributed by atoms with Gasteiger partial charge in [-0.3, -0.25) is 19.6 Å². The van der Waals surface area contributed by atoms with Gasteiger partial charge in [-0.15, -0.1) is 0 Å². The molecule has 0 atom stereocenters. The minimum Gasteiger partial charge on any atom is -0.497 e. The number of carbonyl (C=O) groups excluding carboxylic acids is 1. The third-order valence-electron chi connectivity index (χ3n) is 3.51. The molecule has 9 nitrogen and oxygen atoms in total. The maximum absolute atomic E-state index is 12.8. The Hall–Kier alpha value is -2.85. The number of carbonyl (C=O) groups is 1. The number of nitrogens with zero attached hydrogens (tertiary/aromatic N) is 2. The highest BCUT2D eigenvalue weighted by atomic mass is 35.5. The SMILES string of the molecule is COc1ccc(S(=O)(=O)Nc2cc(Cl)ccc2C(=O)N(C)C)c([N+](=O)[O-])c1. The summed E-state index contributed by atoms with van der Waals surface area (Å²) in [5.74, 6) is -0.333. The van der Waals surface area contributed by atoms with Gasteiger partial charge in [-0.25, -0.2) is 8.42 Å². The fourth-order valence-corrected chi connectivity index (χ4v) is 3.62. The third-order valence-corrected chi connectivity index (χ3v) is 5.16. The summed E-state index contributed by atoms with van der Waals surface area (Å²) in [7, 11) is -0.0799. The molecule has 1 amide bonds. The van der Waals surface area contributed by atoms with Gasteiger partial charge < -0.3 is 9.64 Å². The lowest BCUT2D eigenvalue weighted by molar-refractivity contribution is -0.387. The van der Waals surface area contributed by atoms with Gasteiger partial charge >= 0.3 is 0 Å². The molecule has 0 bridgehead atoms. The van der Waals surface area contributed by atoms with Crippen molar-refractivity contribution in [3.63, 3.8) is 0 Å². The number of nitrogens with one attached hydrogen (secondary N) is 1. The minimum atomic E-state index is -4.39. The highest BCUT2D eigenvalue weighted by Gasteiger charge is 2.28. The molecule has 0 unspecified atom stereocenters. The van der Waals surface area contributed by atoms with E-state index in [1.165, 1.54) is 50.4 Å². The number of amides is 1. The molecule has 144 valence electrons. The molecule has 2 rings (SSSR count). The van der Waals surface area contributed by atoms with Gasteiger partial charge in [0.1, 0.15) is 5.75 Å². The number of hydrogen-bond donors (Lipinski definition) is 1. The van der Waals surface area contributed by atoms with Crippen molar-refractivity contribution in [1.82, 2.24) is 4.90 Å². The van der Waals surface area contributed by atoms with E-state index in [9.17, 15) is 23.3 Å². The molecule has 0 aliphatic heterocycles. The van der Waals surface area contributed by atoms with Crippen LogP contribution < -0.4 is 9.46 Å². The molecular formula is C16H16ClN3O6S. The molecule has 0 saturated carbocycles. The molecule has 0 aliphatic rings. The van der Waals surface area contributed by atoms with Crippen molar-refractivity contribution in [2.24, 2.45) is 0 Å². The van der Waals surface area contributed by atoms with Crippen LogP contribution in [0.15, 0.2) is 41.3 Å². The van der Waals surface area contributed by atoms with Crippen LogP contribution in [0.3, 0.4) is 0 Å². The van der Waals surface area contributed by atoms with E-state index in [0.29, 0.717) is 0 Å². The van der Waals surface area contributed by atoms with Crippen molar-refractivity contribution in [3.8, 4) is 5.75 Å². The van der Waals surface area contributed by atoms with Crippen LogP contribution in [0.5, 0.6) is 5.75 Å². The topological polar surface area (TPSA) is 119 Å². The van der Waals surface area contributed by atoms with E-state index in [4.69, 9.17) is 16.3 Å². The number of ether oxygens (including phenoxy) is 1. The summed E-state index contributed by atoms with van der Waals surface area (Å²) >= 11 is 5.91. The fraction of sp³-hybridized carbons (Fsp3) is 0.188. The van der Waals surface area contributed by atoms with E-state index >= 15 is 0 Å². The van der Waals surface area contributed by atoms with Crippen LogP contribution in [0, 0.1) is 10.1 Å². The molecule has 0 fully saturated rings. The average Bonchev–Trinajstić information content (AvgIpc) is 2.60. The molecule has 0 heterocycles. The standard InChI is InChI=1S/C16H16ClN3O6S/c1-19(2)16(21)12-6-4-10(17)8-13(12)18-27(24,25)15-7-5-11(26-3)9-14(15)20(22)23/h4-9,18H,1-3H3. The van der Waals surface area contributed by atoms with Gasteiger partial charge in [-0.2, -0.15) is 0 Å². The summed E-state index contributed by atoms with van der Waals surface area (Å²) in [5, 5.41) is 11.5. The first-order valence-electron chi connectivity index (χ1n) is 7.43. The van der Waals surface area contributed by atoms with Crippen molar-refractivity contribution in [2.45, 2.75) is 4.90 Å². The molecule has 0 aromatic heterocycles. The number of halogens is 1. The third kappa shape index (κ3) is 4.47. The Balaban J connectivity index is 2.57. The molecule has 0 saturated heterocycles.